The molecule has 0 unspecified atom stereocenters. The molecule has 0 saturated heterocycles. The Bertz CT molecular complexity index is 763. The highest BCUT2D eigenvalue weighted by Crippen LogP contribution is 2.24. The van der Waals surface area contributed by atoms with E-state index in [4.69, 9.17) is 0 Å². The number of anilines is 1. The average Bonchev–Trinajstić information content (AvgIpc) is 2.36. The lowest BCUT2D eigenvalue weighted by Gasteiger charge is -2.11. The summed E-state index contributed by atoms with van der Waals surface area (Å²) >= 11 is 3.17. The number of sulfonamides is 1. The lowest BCUT2D eigenvalue weighted by molar-refractivity contribution is 0.594. The molecule has 0 amide bonds. The van der Waals surface area contributed by atoms with E-state index in [1.165, 1.54) is 6.07 Å². The highest BCUT2D eigenvalue weighted by molar-refractivity contribution is 9.10. The van der Waals surface area contributed by atoms with Gasteiger partial charge in [-0.3, -0.25) is 4.72 Å². The Balaban J connectivity index is 2.46. The van der Waals surface area contributed by atoms with Crippen molar-refractivity contribution in [3.63, 3.8) is 0 Å². The standard InChI is InChI=1S/C13H10BrF2NO2S/c1-8-2-3-9(14)6-13(8)20(18,19)17-12-7-10(15)4-5-11(12)16/h2-7,17H,1H3. The molecule has 3 nitrogen and oxygen atoms in total. The van der Waals surface area contributed by atoms with Crippen LogP contribution in [0, 0.1) is 18.6 Å². The molecule has 0 radical (unpaired) electrons. The van der Waals surface area contributed by atoms with E-state index in [9.17, 15) is 17.2 Å². The normalized spacial score (nSPS) is 11.4. The summed E-state index contributed by atoms with van der Waals surface area (Å²) in [5, 5.41) is 0. The molecule has 0 aliphatic heterocycles. The van der Waals surface area contributed by atoms with E-state index in [0.717, 1.165) is 18.2 Å². The molecule has 20 heavy (non-hydrogen) atoms. The van der Waals surface area contributed by atoms with Crippen molar-refractivity contribution >= 4 is 31.6 Å². The highest BCUT2D eigenvalue weighted by atomic mass is 79.9. The smallest absolute Gasteiger partial charge is 0.262 e. The molecular weight excluding hydrogens is 352 g/mol. The van der Waals surface area contributed by atoms with Crippen LogP contribution >= 0.6 is 15.9 Å². The molecule has 0 heterocycles. The summed E-state index contributed by atoms with van der Waals surface area (Å²) in [6.45, 7) is 1.61. The molecule has 0 aromatic heterocycles. The zero-order chi connectivity index (χ0) is 14.9. The Hall–Kier alpha value is -1.47. The van der Waals surface area contributed by atoms with Crippen molar-refractivity contribution in [2.45, 2.75) is 11.8 Å². The molecular formula is C13H10BrF2NO2S. The summed E-state index contributed by atoms with van der Waals surface area (Å²) in [4.78, 5) is -0.00413. The van der Waals surface area contributed by atoms with Gasteiger partial charge in [0.15, 0.2) is 0 Å². The molecule has 7 heteroatoms. The van der Waals surface area contributed by atoms with Gasteiger partial charge in [-0.15, -0.1) is 0 Å². The summed E-state index contributed by atoms with van der Waals surface area (Å²) < 4.78 is 53.6. The second kappa shape index (κ2) is 5.49. The van der Waals surface area contributed by atoms with Gasteiger partial charge in [-0.05, 0) is 36.8 Å². The fourth-order valence-corrected chi connectivity index (χ4v) is 3.48. The molecule has 106 valence electrons. The van der Waals surface area contributed by atoms with Crippen molar-refractivity contribution in [3.8, 4) is 0 Å². The summed E-state index contributed by atoms with van der Waals surface area (Å²) in [6.07, 6.45) is 0. The molecule has 0 aliphatic rings. The third kappa shape index (κ3) is 3.16. The number of hydrogen-bond acceptors (Lipinski definition) is 2. The molecule has 0 atom stereocenters. The molecule has 0 spiro atoms. The first kappa shape index (κ1) is 14.9. The van der Waals surface area contributed by atoms with Gasteiger partial charge in [0.25, 0.3) is 10.0 Å². The van der Waals surface area contributed by atoms with Crippen molar-refractivity contribution in [2.24, 2.45) is 0 Å². The van der Waals surface area contributed by atoms with Crippen LogP contribution in [0.3, 0.4) is 0 Å². The summed E-state index contributed by atoms with van der Waals surface area (Å²) in [6, 6.07) is 7.27. The van der Waals surface area contributed by atoms with Crippen LogP contribution in [0.5, 0.6) is 0 Å². The van der Waals surface area contributed by atoms with Crippen molar-refractivity contribution in [1.82, 2.24) is 0 Å². The van der Waals surface area contributed by atoms with Gasteiger partial charge in [0.05, 0.1) is 10.6 Å². The summed E-state index contributed by atoms with van der Waals surface area (Å²) in [7, 11) is -3.99. The first-order valence-electron chi connectivity index (χ1n) is 5.53. The van der Waals surface area contributed by atoms with E-state index >= 15 is 0 Å². The van der Waals surface area contributed by atoms with Crippen LogP contribution in [0.2, 0.25) is 0 Å². The van der Waals surface area contributed by atoms with Crippen LogP contribution in [0.1, 0.15) is 5.56 Å². The Kier molecular flexibility index (Phi) is 4.10. The van der Waals surface area contributed by atoms with Crippen LogP contribution in [-0.2, 0) is 10.0 Å². The highest BCUT2D eigenvalue weighted by Gasteiger charge is 2.19. The van der Waals surface area contributed by atoms with Gasteiger partial charge in [-0.1, -0.05) is 22.0 Å². The molecule has 0 aliphatic carbocycles. The van der Waals surface area contributed by atoms with Crippen LogP contribution in [-0.4, -0.2) is 8.42 Å². The number of aryl methyl sites for hydroxylation is 1. The topological polar surface area (TPSA) is 46.2 Å². The first-order valence-corrected chi connectivity index (χ1v) is 7.81. The molecule has 0 fully saturated rings. The minimum Gasteiger partial charge on any atom is -0.277 e. The predicted octanol–water partition coefficient (Wildman–Crippen LogP) is 3.84. The molecule has 2 aromatic carbocycles. The van der Waals surface area contributed by atoms with Crippen molar-refractivity contribution < 1.29 is 17.2 Å². The second-order valence-corrected chi connectivity index (χ2v) is 6.71. The van der Waals surface area contributed by atoms with E-state index in [-0.39, 0.29) is 4.90 Å². The van der Waals surface area contributed by atoms with Gasteiger partial charge in [0.2, 0.25) is 0 Å². The van der Waals surface area contributed by atoms with Gasteiger partial charge in [-0.25, -0.2) is 17.2 Å². The van der Waals surface area contributed by atoms with Crippen LogP contribution in [0.25, 0.3) is 0 Å². The summed E-state index contributed by atoms with van der Waals surface area (Å²) in [5.74, 6) is -1.57. The minimum absolute atomic E-state index is 0.00413. The Morgan fingerprint density at radius 2 is 1.80 bits per heavy atom. The molecule has 0 bridgehead atoms. The number of hydrogen-bond donors (Lipinski definition) is 1. The van der Waals surface area contributed by atoms with Crippen molar-refractivity contribution in [2.75, 3.05) is 4.72 Å². The number of halogens is 3. The van der Waals surface area contributed by atoms with Crippen molar-refractivity contribution in [1.29, 1.82) is 0 Å². The molecule has 2 aromatic rings. The van der Waals surface area contributed by atoms with E-state index in [0.29, 0.717) is 10.0 Å². The SMILES string of the molecule is Cc1ccc(Br)cc1S(=O)(=O)Nc1cc(F)ccc1F. The van der Waals surface area contributed by atoms with Crippen LogP contribution in [0.4, 0.5) is 14.5 Å². The Morgan fingerprint density at radius 3 is 2.50 bits per heavy atom. The third-order valence-corrected chi connectivity index (χ3v) is 4.61. The molecule has 2 rings (SSSR count). The van der Waals surface area contributed by atoms with Gasteiger partial charge >= 0.3 is 0 Å². The van der Waals surface area contributed by atoms with E-state index in [1.54, 1.807) is 19.1 Å². The van der Waals surface area contributed by atoms with Gasteiger partial charge in [-0.2, -0.15) is 0 Å². The number of nitrogens with one attached hydrogen (secondary N) is 1. The van der Waals surface area contributed by atoms with Crippen molar-refractivity contribution in [3.05, 3.63) is 58.1 Å². The maximum Gasteiger partial charge on any atom is 0.262 e. The Morgan fingerprint density at radius 1 is 1.10 bits per heavy atom. The lowest BCUT2D eigenvalue weighted by atomic mass is 10.2. The fraction of sp³-hybridized carbons (Fsp3) is 0.0769. The monoisotopic (exact) mass is 361 g/mol. The first-order chi connectivity index (χ1) is 9.29. The average molecular weight is 362 g/mol. The maximum absolute atomic E-state index is 13.5. The Labute approximate surface area is 123 Å². The quantitative estimate of drug-likeness (QED) is 0.902. The fourth-order valence-electron chi connectivity index (χ4n) is 1.64. The lowest BCUT2D eigenvalue weighted by Crippen LogP contribution is -2.15. The van der Waals surface area contributed by atoms with Crippen LogP contribution in [0.15, 0.2) is 45.8 Å². The van der Waals surface area contributed by atoms with Gasteiger partial charge in [0.1, 0.15) is 11.6 Å². The summed E-state index contributed by atoms with van der Waals surface area (Å²) in [5.41, 5.74) is 0.0712. The van der Waals surface area contributed by atoms with E-state index in [2.05, 4.69) is 15.9 Å². The number of rotatable bonds is 3. The maximum atomic E-state index is 13.5. The van der Waals surface area contributed by atoms with Gasteiger partial charge in [0, 0.05) is 10.5 Å². The number of benzene rings is 2. The molecule has 0 saturated carbocycles. The van der Waals surface area contributed by atoms with Crippen LogP contribution < -0.4 is 4.72 Å². The molecule has 1 N–H and O–H groups in total. The predicted molar refractivity (Wildman–Crippen MR) is 76.0 cm³/mol. The second-order valence-electron chi connectivity index (χ2n) is 4.14. The largest absolute Gasteiger partial charge is 0.277 e. The minimum atomic E-state index is -3.99. The van der Waals surface area contributed by atoms with Gasteiger partial charge < -0.3 is 0 Å². The zero-order valence-corrected chi connectivity index (χ0v) is 12.7. The van der Waals surface area contributed by atoms with E-state index < -0.39 is 27.3 Å². The van der Waals surface area contributed by atoms with E-state index in [1.807, 2.05) is 4.72 Å². The third-order valence-electron chi connectivity index (χ3n) is 2.61. The zero-order valence-electron chi connectivity index (χ0n) is 10.3.